The molecule has 3 heterocycles. The first-order chi connectivity index (χ1) is 18.5. The number of aromatic nitrogens is 1. The molecule has 0 amide bonds. The standard InChI is InChI=1S/C30H28N4O4/c1-32-24-16-23-26(28(33-24)37-2)29(36)27(35)22(18-34-14-6-7-15-34)25(20-8-4-3-5-9-20)30(29,38-23)21-12-10-19(17-31)11-13-21/h3-5,8-13,16,22,25,27,35-36H,6-7,14-15,18H2,2H3/t22-,25-,27-,29+,30+/m1/s1. The number of nitriles is 1. The molecule has 0 spiro atoms. The van der Waals surface area contributed by atoms with Crippen LogP contribution in [0, 0.1) is 23.8 Å². The number of fused-ring (bicyclic) bond motifs is 3. The van der Waals surface area contributed by atoms with Gasteiger partial charge in [0, 0.05) is 24.4 Å². The summed E-state index contributed by atoms with van der Waals surface area (Å²) in [4.78, 5) is 10.1. The Morgan fingerprint density at radius 2 is 1.89 bits per heavy atom. The van der Waals surface area contributed by atoms with E-state index in [0.717, 1.165) is 31.5 Å². The summed E-state index contributed by atoms with van der Waals surface area (Å²) in [6, 6.07) is 20.4. The number of rotatable bonds is 5. The van der Waals surface area contributed by atoms with Crippen LogP contribution in [0.15, 0.2) is 60.7 Å². The molecule has 1 aliphatic carbocycles. The Bertz CT molecular complexity index is 1440. The van der Waals surface area contributed by atoms with Crippen LogP contribution in [-0.2, 0) is 11.2 Å². The highest BCUT2D eigenvalue weighted by Crippen LogP contribution is 2.70. The molecule has 0 unspecified atom stereocenters. The summed E-state index contributed by atoms with van der Waals surface area (Å²) < 4.78 is 12.4. The van der Waals surface area contributed by atoms with Gasteiger partial charge >= 0.3 is 5.88 Å². The third-order valence-electron chi connectivity index (χ3n) is 8.43. The summed E-state index contributed by atoms with van der Waals surface area (Å²) in [5, 5.41) is 34.5. The van der Waals surface area contributed by atoms with Crippen molar-refractivity contribution in [2.45, 2.75) is 36.1 Å². The molecule has 38 heavy (non-hydrogen) atoms. The van der Waals surface area contributed by atoms with Gasteiger partial charge in [-0.25, -0.2) is 0 Å². The predicted molar refractivity (Wildman–Crippen MR) is 139 cm³/mol. The maximum Gasteiger partial charge on any atom is 0.319 e. The smallest absolute Gasteiger partial charge is 0.319 e. The first-order valence-corrected chi connectivity index (χ1v) is 12.8. The van der Waals surface area contributed by atoms with Crippen molar-refractivity contribution in [1.82, 2.24) is 9.88 Å². The van der Waals surface area contributed by atoms with Gasteiger partial charge < -0.3 is 29.4 Å². The van der Waals surface area contributed by atoms with Gasteiger partial charge in [-0.15, -0.1) is 0 Å². The molecule has 2 aliphatic heterocycles. The lowest BCUT2D eigenvalue weighted by molar-refractivity contribution is -0.152. The molecule has 6 rings (SSSR count). The molecule has 3 aliphatic rings. The van der Waals surface area contributed by atoms with E-state index in [1.165, 1.54) is 13.2 Å². The molecule has 1 aromatic heterocycles. The average Bonchev–Trinajstić information content (AvgIpc) is 3.61. The molecular weight excluding hydrogens is 480 g/mol. The lowest BCUT2D eigenvalue weighted by Crippen LogP contribution is -2.52. The van der Waals surface area contributed by atoms with Gasteiger partial charge in [-0.1, -0.05) is 54.0 Å². The summed E-state index contributed by atoms with van der Waals surface area (Å²) in [7, 11) is 1.43. The lowest BCUT2D eigenvalue weighted by Gasteiger charge is -2.40. The molecule has 2 fully saturated rings. The quantitative estimate of drug-likeness (QED) is 0.505. The summed E-state index contributed by atoms with van der Waals surface area (Å²) in [6.45, 7) is 9.97. The molecule has 8 heteroatoms. The maximum absolute atomic E-state index is 12.9. The van der Waals surface area contributed by atoms with Gasteiger partial charge in [0.05, 0.1) is 24.8 Å². The summed E-state index contributed by atoms with van der Waals surface area (Å²) in [5.41, 5.74) is -1.15. The molecule has 8 nitrogen and oxygen atoms in total. The number of nitrogens with zero attached hydrogens (tertiary/aromatic N) is 4. The topological polar surface area (TPSA) is 103 Å². The second-order valence-corrected chi connectivity index (χ2v) is 10.3. The minimum absolute atomic E-state index is 0.0548. The zero-order valence-electron chi connectivity index (χ0n) is 21.0. The normalized spacial score (nSPS) is 29.7. The van der Waals surface area contributed by atoms with Crippen LogP contribution in [0.2, 0.25) is 0 Å². The fourth-order valence-corrected chi connectivity index (χ4v) is 6.88. The number of hydrogen-bond donors (Lipinski definition) is 2. The van der Waals surface area contributed by atoms with Crippen molar-refractivity contribution in [1.29, 1.82) is 5.26 Å². The van der Waals surface area contributed by atoms with E-state index in [9.17, 15) is 15.5 Å². The van der Waals surface area contributed by atoms with Crippen molar-refractivity contribution >= 4 is 5.82 Å². The van der Waals surface area contributed by atoms with E-state index < -0.39 is 29.1 Å². The minimum atomic E-state index is -1.94. The van der Waals surface area contributed by atoms with E-state index in [1.54, 1.807) is 24.3 Å². The van der Waals surface area contributed by atoms with E-state index >= 15 is 0 Å². The van der Waals surface area contributed by atoms with Crippen LogP contribution in [-0.4, -0.2) is 52.9 Å². The molecule has 2 aromatic carbocycles. The first-order valence-electron chi connectivity index (χ1n) is 12.8. The minimum Gasteiger partial charge on any atom is -0.479 e. The van der Waals surface area contributed by atoms with Crippen LogP contribution in [0.1, 0.15) is 41.0 Å². The number of ether oxygens (including phenoxy) is 2. The highest BCUT2D eigenvalue weighted by atomic mass is 16.5. The number of likely N-dealkylation sites (tertiary alicyclic amines) is 1. The van der Waals surface area contributed by atoms with Crippen LogP contribution in [0.25, 0.3) is 4.85 Å². The van der Waals surface area contributed by atoms with Gasteiger partial charge in [0.2, 0.25) is 0 Å². The lowest BCUT2D eigenvalue weighted by atomic mass is 9.70. The van der Waals surface area contributed by atoms with Gasteiger partial charge in [-0.05, 0) is 49.2 Å². The van der Waals surface area contributed by atoms with Crippen molar-refractivity contribution in [3.8, 4) is 17.7 Å². The molecule has 0 radical (unpaired) electrons. The van der Waals surface area contributed by atoms with E-state index in [1.807, 2.05) is 30.3 Å². The monoisotopic (exact) mass is 508 g/mol. The molecule has 5 atom stereocenters. The molecule has 2 N–H and O–H groups in total. The first kappa shape index (κ1) is 24.4. The van der Waals surface area contributed by atoms with Gasteiger partial charge in [0.15, 0.2) is 11.2 Å². The molecular formula is C30H28N4O4. The Morgan fingerprint density at radius 3 is 2.53 bits per heavy atom. The maximum atomic E-state index is 12.9. The van der Waals surface area contributed by atoms with E-state index in [-0.39, 0.29) is 23.0 Å². The molecule has 3 aromatic rings. The molecule has 0 bridgehead atoms. The molecule has 1 saturated heterocycles. The van der Waals surface area contributed by atoms with Crippen molar-refractivity contribution < 1.29 is 19.7 Å². The van der Waals surface area contributed by atoms with Gasteiger partial charge in [-0.2, -0.15) is 5.26 Å². The van der Waals surface area contributed by atoms with Crippen LogP contribution in [0.3, 0.4) is 0 Å². The van der Waals surface area contributed by atoms with Gasteiger partial charge in [0.1, 0.15) is 11.3 Å². The number of hydrogen-bond acceptors (Lipinski definition) is 7. The number of benzene rings is 2. The summed E-state index contributed by atoms with van der Waals surface area (Å²) in [5.74, 6) is -0.479. The predicted octanol–water partition coefficient (Wildman–Crippen LogP) is 3.86. The summed E-state index contributed by atoms with van der Waals surface area (Å²) >= 11 is 0. The van der Waals surface area contributed by atoms with E-state index in [4.69, 9.17) is 16.0 Å². The number of aliphatic hydroxyl groups is 2. The van der Waals surface area contributed by atoms with Crippen LogP contribution >= 0.6 is 0 Å². The van der Waals surface area contributed by atoms with Crippen LogP contribution < -0.4 is 9.47 Å². The van der Waals surface area contributed by atoms with E-state index in [2.05, 4.69) is 20.8 Å². The van der Waals surface area contributed by atoms with Crippen molar-refractivity contribution in [3.63, 3.8) is 0 Å². The second kappa shape index (κ2) is 9.11. The van der Waals surface area contributed by atoms with Crippen molar-refractivity contribution in [2.75, 3.05) is 26.7 Å². The van der Waals surface area contributed by atoms with Gasteiger partial charge in [0.25, 0.3) is 5.82 Å². The summed E-state index contributed by atoms with van der Waals surface area (Å²) in [6.07, 6.45) is 0.959. The number of aliphatic hydroxyl groups excluding tert-OH is 1. The fourth-order valence-electron chi connectivity index (χ4n) is 6.88. The van der Waals surface area contributed by atoms with Crippen molar-refractivity contribution in [3.05, 3.63) is 94.3 Å². The largest absolute Gasteiger partial charge is 0.479 e. The Balaban J connectivity index is 1.65. The zero-order valence-corrected chi connectivity index (χ0v) is 21.0. The Kier molecular flexibility index (Phi) is 5.85. The van der Waals surface area contributed by atoms with Crippen LogP contribution in [0.4, 0.5) is 5.82 Å². The third-order valence-corrected chi connectivity index (χ3v) is 8.43. The molecule has 192 valence electrons. The Labute approximate surface area is 221 Å². The SMILES string of the molecule is [C-]#[N+]c1cc2c(c(OC)n1)[C@]1(O)[C@H](O)[C@H](CN3CCCC3)[C@@H](c3ccccc3)[C@]1(c1ccc(C#N)cc1)O2. The van der Waals surface area contributed by atoms with Crippen molar-refractivity contribution in [2.24, 2.45) is 5.92 Å². The zero-order chi connectivity index (χ0) is 26.5. The number of pyridine rings is 1. The Morgan fingerprint density at radius 1 is 1.18 bits per heavy atom. The third kappa shape index (κ3) is 3.28. The van der Waals surface area contributed by atoms with E-state index in [0.29, 0.717) is 17.7 Å². The fraction of sp³-hybridized carbons (Fsp3) is 0.367. The highest BCUT2D eigenvalue weighted by Gasteiger charge is 2.77. The average molecular weight is 509 g/mol. The second-order valence-electron chi connectivity index (χ2n) is 10.3. The highest BCUT2D eigenvalue weighted by molar-refractivity contribution is 5.62. The molecule has 1 saturated carbocycles. The van der Waals surface area contributed by atoms with Crippen LogP contribution in [0.5, 0.6) is 11.6 Å². The number of methoxy groups -OCH3 is 1. The van der Waals surface area contributed by atoms with Gasteiger partial charge in [-0.3, -0.25) is 0 Å². The Hall–Kier alpha value is -3.95.